The molecule has 0 heterocycles. The van der Waals surface area contributed by atoms with Crippen LogP contribution >= 0.6 is 0 Å². The fourth-order valence-corrected chi connectivity index (χ4v) is 2.37. The monoisotopic (exact) mass is 328 g/mol. The first-order valence-electron chi connectivity index (χ1n) is 7.95. The lowest BCUT2D eigenvalue weighted by atomic mass is 10.2. The van der Waals surface area contributed by atoms with E-state index in [4.69, 9.17) is 0 Å². The fraction of sp³-hybridized carbons (Fsp3) is 0.263. The van der Waals surface area contributed by atoms with Crippen molar-refractivity contribution in [2.75, 3.05) is 13.1 Å². The van der Waals surface area contributed by atoms with Crippen LogP contribution in [0.3, 0.4) is 0 Å². The van der Waals surface area contributed by atoms with Crippen LogP contribution in [-0.2, 0) is 11.3 Å². The molecule has 0 fully saturated rings. The first-order chi connectivity index (χ1) is 11.6. The molecule has 0 aliphatic rings. The van der Waals surface area contributed by atoms with Gasteiger partial charge >= 0.3 is 0 Å². The van der Waals surface area contributed by atoms with E-state index >= 15 is 0 Å². The van der Waals surface area contributed by atoms with Crippen molar-refractivity contribution in [3.05, 3.63) is 71.5 Å². The van der Waals surface area contributed by atoms with Gasteiger partial charge in [0, 0.05) is 18.7 Å². The smallest absolute Gasteiger partial charge is 0.251 e. The molecule has 2 rings (SSSR count). The van der Waals surface area contributed by atoms with Gasteiger partial charge in [0.1, 0.15) is 5.82 Å². The number of halogens is 1. The molecule has 2 amide bonds. The standard InChI is InChI=1S/C19H21FN2O2/c1-2-11-22(14-15-7-4-3-5-8-15)18(23)13-21-19(24)16-9-6-10-17(20)12-16/h3-10,12H,2,11,13-14H2,1H3,(H,21,24). The van der Waals surface area contributed by atoms with Gasteiger partial charge < -0.3 is 10.2 Å². The number of amides is 2. The zero-order valence-electron chi connectivity index (χ0n) is 13.7. The second-order valence-corrected chi connectivity index (χ2v) is 5.49. The SMILES string of the molecule is CCCN(Cc1ccccc1)C(=O)CNC(=O)c1cccc(F)c1. The Morgan fingerprint density at radius 2 is 1.83 bits per heavy atom. The quantitative estimate of drug-likeness (QED) is 0.849. The van der Waals surface area contributed by atoms with E-state index in [1.54, 1.807) is 4.90 Å². The molecule has 0 atom stereocenters. The normalized spacial score (nSPS) is 10.2. The van der Waals surface area contributed by atoms with E-state index in [2.05, 4.69) is 5.32 Å². The van der Waals surface area contributed by atoms with Crippen molar-refractivity contribution >= 4 is 11.8 Å². The number of nitrogens with one attached hydrogen (secondary N) is 1. The number of carbonyl (C=O) groups excluding carboxylic acids is 2. The highest BCUT2D eigenvalue weighted by molar-refractivity contribution is 5.96. The number of hydrogen-bond acceptors (Lipinski definition) is 2. The molecule has 4 nitrogen and oxygen atoms in total. The van der Waals surface area contributed by atoms with Gasteiger partial charge in [-0.1, -0.05) is 43.3 Å². The molecule has 0 spiro atoms. The Morgan fingerprint density at radius 1 is 1.08 bits per heavy atom. The van der Waals surface area contributed by atoms with Crippen molar-refractivity contribution in [3.8, 4) is 0 Å². The highest BCUT2D eigenvalue weighted by Crippen LogP contribution is 2.06. The van der Waals surface area contributed by atoms with Crippen molar-refractivity contribution in [2.45, 2.75) is 19.9 Å². The first-order valence-corrected chi connectivity index (χ1v) is 7.95. The Hall–Kier alpha value is -2.69. The molecule has 24 heavy (non-hydrogen) atoms. The zero-order chi connectivity index (χ0) is 17.4. The summed E-state index contributed by atoms with van der Waals surface area (Å²) in [5, 5.41) is 2.55. The lowest BCUT2D eigenvalue weighted by Gasteiger charge is -2.22. The molecule has 0 aromatic heterocycles. The summed E-state index contributed by atoms with van der Waals surface area (Å²) in [7, 11) is 0. The van der Waals surface area contributed by atoms with Crippen LogP contribution in [0.2, 0.25) is 0 Å². The van der Waals surface area contributed by atoms with E-state index in [-0.39, 0.29) is 18.0 Å². The van der Waals surface area contributed by atoms with E-state index < -0.39 is 11.7 Å². The number of carbonyl (C=O) groups is 2. The maximum atomic E-state index is 13.1. The number of hydrogen-bond donors (Lipinski definition) is 1. The molecular weight excluding hydrogens is 307 g/mol. The minimum Gasteiger partial charge on any atom is -0.343 e. The summed E-state index contributed by atoms with van der Waals surface area (Å²) in [6.45, 7) is 3.01. The van der Waals surface area contributed by atoms with Crippen LogP contribution in [0.5, 0.6) is 0 Å². The van der Waals surface area contributed by atoms with Crippen LogP contribution in [0.25, 0.3) is 0 Å². The summed E-state index contributed by atoms with van der Waals surface area (Å²) in [5.41, 5.74) is 1.24. The predicted molar refractivity (Wildman–Crippen MR) is 90.9 cm³/mol. The van der Waals surface area contributed by atoms with Crippen molar-refractivity contribution in [1.82, 2.24) is 10.2 Å². The second kappa shape index (κ2) is 8.82. The Bertz CT molecular complexity index is 689. The average Bonchev–Trinajstić information content (AvgIpc) is 2.60. The summed E-state index contributed by atoms with van der Waals surface area (Å²) in [6, 6.07) is 15.1. The Labute approximate surface area is 141 Å². The van der Waals surface area contributed by atoms with Crippen LogP contribution in [0, 0.1) is 5.82 Å². The van der Waals surface area contributed by atoms with Gasteiger partial charge in [-0.25, -0.2) is 4.39 Å². The largest absolute Gasteiger partial charge is 0.343 e. The van der Waals surface area contributed by atoms with Crippen molar-refractivity contribution in [2.24, 2.45) is 0 Å². The first kappa shape index (κ1) is 17.7. The molecule has 0 saturated carbocycles. The minimum atomic E-state index is -0.481. The van der Waals surface area contributed by atoms with Gasteiger partial charge in [0.05, 0.1) is 6.54 Å². The van der Waals surface area contributed by atoms with Crippen LogP contribution in [-0.4, -0.2) is 29.8 Å². The van der Waals surface area contributed by atoms with Crippen molar-refractivity contribution < 1.29 is 14.0 Å². The van der Waals surface area contributed by atoms with Crippen molar-refractivity contribution in [1.29, 1.82) is 0 Å². The molecule has 0 radical (unpaired) electrons. The molecule has 0 unspecified atom stereocenters. The number of nitrogens with zero attached hydrogens (tertiary/aromatic N) is 1. The van der Waals surface area contributed by atoms with E-state index in [9.17, 15) is 14.0 Å². The molecular formula is C19H21FN2O2. The third kappa shape index (κ3) is 5.19. The van der Waals surface area contributed by atoms with Gasteiger partial charge in [-0.2, -0.15) is 0 Å². The lowest BCUT2D eigenvalue weighted by Crippen LogP contribution is -2.40. The maximum absolute atomic E-state index is 13.1. The molecule has 5 heteroatoms. The lowest BCUT2D eigenvalue weighted by molar-refractivity contribution is -0.130. The van der Waals surface area contributed by atoms with E-state index in [1.165, 1.54) is 18.2 Å². The van der Waals surface area contributed by atoms with Gasteiger partial charge in [-0.15, -0.1) is 0 Å². The van der Waals surface area contributed by atoms with Crippen LogP contribution in [0.15, 0.2) is 54.6 Å². The molecule has 0 aliphatic heterocycles. The Morgan fingerprint density at radius 3 is 2.50 bits per heavy atom. The maximum Gasteiger partial charge on any atom is 0.251 e. The third-order valence-corrected chi connectivity index (χ3v) is 3.55. The van der Waals surface area contributed by atoms with Crippen LogP contribution in [0.1, 0.15) is 29.3 Å². The van der Waals surface area contributed by atoms with Gasteiger partial charge in [0.2, 0.25) is 5.91 Å². The minimum absolute atomic E-state index is 0.109. The van der Waals surface area contributed by atoms with Crippen LogP contribution < -0.4 is 5.32 Å². The van der Waals surface area contributed by atoms with E-state index in [0.29, 0.717) is 13.1 Å². The van der Waals surface area contributed by atoms with Crippen LogP contribution in [0.4, 0.5) is 4.39 Å². The molecule has 0 aliphatic carbocycles. The molecule has 2 aromatic rings. The summed E-state index contributed by atoms with van der Waals surface area (Å²) in [4.78, 5) is 26.1. The summed E-state index contributed by atoms with van der Waals surface area (Å²) < 4.78 is 13.1. The predicted octanol–water partition coefficient (Wildman–Crippen LogP) is 2.99. The highest BCUT2D eigenvalue weighted by Gasteiger charge is 2.15. The Balaban J connectivity index is 1.94. The molecule has 2 aromatic carbocycles. The zero-order valence-corrected chi connectivity index (χ0v) is 13.7. The van der Waals surface area contributed by atoms with Gasteiger partial charge in [0.15, 0.2) is 0 Å². The number of rotatable bonds is 7. The van der Waals surface area contributed by atoms with Crippen molar-refractivity contribution in [3.63, 3.8) is 0 Å². The van der Waals surface area contributed by atoms with Gasteiger partial charge in [-0.05, 0) is 30.2 Å². The van der Waals surface area contributed by atoms with E-state index in [1.807, 2.05) is 37.3 Å². The van der Waals surface area contributed by atoms with E-state index in [0.717, 1.165) is 18.1 Å². The number of benzene rings is 2. The second-order valence-electron chi connectivity index (χ2n) is 5.49. The topological polar surface area (TPSA) is 49.4 Å². The average molecular weight is 328 g/mol. The van der Waals surface area contributed by atoms with Gasteiger partial charge in [0.25, 0.3) is 5.91 Å². The highest BCUT2D eigenvalue weighted by atomic mass is 19.1. The summed E-state index contributed by atoms with van der Waals surface area (Å²) in [6.07, 6.45) is 0.830. The Kier molecular flexibility index (Phi) is 6.49. The molecule has 0 saturated heterocycles. The summed E-state index contributed by atoms with van der Waals surface area (Å²) >= 11 is 0. The molecule has 1 N–H and O–H groups in total. The molecule has 126 valence electrons. The fourth-order valence-electron chi connectivity index (χ4n) is 2.37. The third-order valence-electron chi connectivity index (χ3n) is 3.55. The molecule has 0 bridgehead atoms. The van der Waals surface area contributed by atoms with Gasteiger partial charge in [-0.3, -0.25) is 9.59 Å². The summed E-state index contributed by atoms with van der Waals surface area (Å²) in [5.74, 6) is -1.10.